The second-order valence-electron chi connectivity index (χ2n) is 8.45. The van der Waals surface area contributed by atoms with Gasteiger partial charge in [0.25, 0.3) is 0 Å². The van der Waals surface area contributed by atoms with E-state index in [1.165, 1.54) is 5.56 Å². The molecule has 0 aliphatic carbocycles. The number of nitrogens with zero attached hydrogens (tertiary/aromatic N) is 3. The van der Waals surface area contributed by atoms with Crippen molar-refractivity contribution in [3.8, 4) is 0 Å². The van der Waals surface area contributed by atoms with Crippen molar-refractivity contribution in [2.75, 3.05) is 17.3 Å². The molecule has 0 radical (unpaired) electrons. The third-order valence-corrected chi connectivity index (χ3v) is 6.68. The molecular formula is C29H25BrN4O. The molecule has 0 unspecified atom stereocenters. The number of fused-ring (bicyclic) bond motifs is 1. The SMILES string of the molecule is CN(c1cccnc1)c1ccc(NC(=O)Cc2cn(Cc3ccccc3)c3ccccc23)cc1Br. The fourth-order valence-corrected chi connectivity index (χ4v) is 4.95. The Kier molecular flexibility index (Phi) is 6.64. The quantitative estimate of drug-likeness (QED) is 0.254. The van der Waals surface area contributed by atoms with Crippen molar-refractivity contribution >= 4 is 49.8 Å². The first kappa shape index (κ1) is 22.9. The first-order valence-corrected chi connectivity index (χ1v) is 12.2. The highest BCUT2D eigenvalue weighted by molar-refractivity contribution is 9.10. The molecule has 0 bridgehead atoms. The van der Waals surface area contributed by atoms with Gasteiger partial charge < -0.3 is 14.8 Å². The van der Waals surface area contributed by atoms with Crippen LogP contribution in [0.15, 0.2) is 108 Å². The number of hydrogen-bond acceptors (Lipinski definition) is 3. The molecule has 0 aliphatic rings. The maximum atomic E-state index is 13.0. The summed E-state index contributed by atoms with van der Waals surface area (Å²) in [6, 6.07) is 28.3. The zero-order valence-corrected chi connectivity index (χ0v) is 20.9. The summed E-state index contributed by atoms with van der Waals surface area (Å²) in [7, 11) is 1.99. The molecule has 5 aromatic rings. The molecule has 1 amide bonds. The lowest BCUT2D eigenvalue weighted by atomic mass is 10.1. The Balaban J connectivity index is 1.32. The summed E-state index contributed by atoms with van der Waals surface area (Å²) in [5.41, 5.74) is 6.09. The normalized spacial score (nSPS) is 10.9. The van der Waals surface area contributed by atoms with Gasteiger partial charge in [0.2, 0.25) is 5.91 Å². The van der Waals surface area contributed by atoms with Gasteiger partial charge in [-0.25, -0.2) is 0 Å². The Hall–Kier alpha value is -3.90. The maximum Gasteiger partial charge on any atom is 0.228 e. The lowest BCUT2D eigenvalue weighted by molar-refractivity contribution is -0.115. The fraction of sp³-hybridized carbons (Fsp3) is 0.103. The Morgan fingerprint density at radius 2 is 1.80 bits per heavy atom. The van der Waals surface area contributed by atoms with Crippen molar-refractivity contribution in [1.82, 2.24) is 9.55 Å². The van der Waals surface area contributed by atoms with E-state index in [2.05, 4.69) is 61.3 Å². The summed E-state index contributed by atoms with van der Waals surface area (Å²) in [6.45, 7) is 0.766. The lowest BCUT2D eigenvalue weighted by Crippen LogP contribution is -2.15. The average molecular weight is 525 g/mol. The second-order valence-corrected chi connectivity index (χ2v) is 9.30. The Labute approximate surface area is 213 Å². The summed E-state index contributed by atoms with van der Waals surface area (Å²) in [5, 5.41) is 4.16. The number of para-hydroxylation sites is 1. The van der Waals surface area contributed by atoms with Crippen LogP contribution in [-0.2, 0) is 17.8 Å². The first-order chi connectivity index (χ1) is 17.1. The molecule has 0 spiro atoms. The summed E-state index contributed by atoms with van der Waals surface area (Å²) < 4.78 is 3.11. The summed E-state index contributed by atoms with van der Waals surface area (Å²) in [5.74, 6) is -0.0483. The van der Waals surface area contributed by atoms with E-state index < -0.39 is 0 Å². The van der Waals surface area contributed by atoms with E-state index in [1.807, 2.05) is 78.8 Å². The molecule has 5 rings (SSSR count). The number of pyridine rings is 1. The number of amides is 1. The zero-order chi connectivity index (χ0) is 24.2. The molecule has 0 atom stereocenters. The summed E-state index contributed by atoms with van der Waals surface area (Å²) in [6.07, 6.45) is 5.97. The van der Waals surface area contributed by atoms with Crippen LogP contribution in [0.3, 0.4) is 0 Å². The third-order valence-electron chi connectivity index (χ3n) is 6.04. The number of carbonyl (C=O) groups excluding carboxylic acids is 1. The molecule has 6 heteroatoms. The van der Waals surface area contributed by atoms with Gasteiger partial charge in [0.15, 0.2) is 0 Å². The standard InChI is InChI=1S/C29H25BrN4O/c1-33(24-10-7-15-31-18-24)28-14-13-23(17-26(28)30)32-29(35)16-22-20-34(19-21-8-3-2-4-9-21)27-12-6-5-11-25(22)27/h2-15,17-18,20H,16,19H2,1H3,(H,32,35). The van der Waals surface area contributed by atoms with E-state index in [9.17, 15) is 4.79 Å². The minimum absolute atomic E-state index is 0.0483. The van der Waals surface area contributed by atoms with Gasteiger partial charge in [-0.05, 0) is 63.5 Å². The molecule has 0 fully saturated rings. The number of carbonyl (C=O) groups is 1. The van der Waals surface area contributed by atoms with Crippen molar-refractivity contribution in [3.05, 3.63) is 119 Å². The number of benzene rings is 3. The Morgan fingerprint density at radius 3 is 2.57 bits per heavy atom. The highest BCUT2D eigenvalue weighted by Gasteiger charge is 2.14. The van der Waals surface area contributed by atoms with Crippen LogP contribution in [-0.4, -0.2) is 22.5 Å². The molecule has 1 N–H and O–H groups in total. The van der Waals surface area contributed by atoms with Crippen LogP contribution >= 0.6 is 15.9 Å². The number of nitrogens with one attached hydrogen (secondary N) is 1. The van der Waals surface area contributed by atoms with E-state index in [0.29, 0.717) is 6.42 Å². The van der Waals surface area contributed by atoms with Crippen LogP contribution in [0.2, 0.25) is 0 Å². The topological polar surface area (TPSA) is 50.2 Å². The molecule has 0 saturated carbocycles. The molecule has 5 nitrogen and oxygen atoms in total. The minimum Gasteiger partial charge on any atom is -0.343 e. The van der Waals surface area contributed by atoms with Gasteiger partial charge in [0, 0.05) is 47.0 Å². The van der Waals surface area contributed by atoms with Crippen LogP contribution in [0.5, 0.6) is 0 Å². The predicted octanol–water partition coefficient (Wildman–Crippen LogP) is 6.80. The van der Waals surface area contributed by atoms with Gasteiger partial charge in [-0.1, -0.05) is 48.5 Å². The van der Waals surface area contributed by atoms with E-state index >= 15 is 0 Å². The molecule has 35 heavy (non-hydrogen) atoms. The third kappa shape index (κ3) is 5.12. The molecule has 174 valence electrons. The number of aromatic nitrogens is 2. The first-order valence-electron chi connectivity index (χ1n) is 11.4. The Bertz CT molecular complexity index is 1460. The van der Waals surface area contributed by atoms with Crippen LogP contribution in [0.4, 0.5) is 17.1 Å². The van der Waals surface area contributed by atoms with Crippen LogP contribution in [0, 0.1) is 0 Å². The number of rotatable bonds is 7. The summed E-state index contributed by atoms with van der Waals surface area (Å²) >= 11 is 3.65. The predicted molar refractivity (Wildman–Crippen MR) is 146 cm³/mol. The molecule has 3 aromatic carbocycles. The molecule has 2 aromatic heterocycles. The average Bonchev–Trinajstić information content (AvgIpc) is 3.21. The van der Waals surface area contributed by atoms with Gasteiger partial charge in [-0.3, -0.25) is 9.78 Å². The van der Waals surface area contributed by atoms with Crippen molar-refractivity contribution in [2.45, 2.75) is 13.0 Å². The molecule has 0 saturated heterocycles. The highest BCUT2D eigenvalue weighted by Crippen LogP contribution is 2.33. The molecule has 2 heterocycles. The van der Waals surface area contributed by atoms with Gasteiger partial charge >= 0.3 is 0 Å². The Morgan fingerprint density at radius 1 is 1.00 bits per heavy atom. The number of halogens is 1. The fourth-order valence-electron chi connectivity index (χ4n) is 4.30. The van der Waals surface area contributed by atoms with Gasteiger partial charge in [0.05, 0.1) is 24.0 Å². The van der Waals surface area contributed by atoms with Gasteiger partial charge in [0.1, 0.15) is 0 Å². The van der Waals surface area contributed by atoms with Crippen molar-refractivity contribution in [3.63, 3.8) is 0 Å². The van der Waals surface area contributed by atoms with E-state index in [0.717, 1.165) is 44.5 Å². The van der Waals surface area contributed by atoms with Crippen LogP contribution in [0.25, 0.3) is 10.9 Å². The van der Waals surface area contributed by atoms with E-state index in [4.69, 9.17) is 0 Å². The number of anilines is 3. The van der Waals surface area contributed by atoms with Gasteiger partial charge in [-0.15, -0.1) is 0 Å². The number of hydrogen-bond donors (Lipinski definition) is 1. The smallest absolute Gasteiger partial charge is 0.228 e. The zero-order valence-electron chi connectivity index (χ0n) is 19.4. The highest BCUT2D eigenvalue weighted by atomic mass is 79.9. The molecule has 0 aliphatic heterocycles. The monoisotopic (exact) mass is 524 g/mol. The summed E-state index contributed by atoms with van der Waals surface area (Å²) in [4.78, 5) is 19.2. The van der Waals surface area contributed by atoms with Crippen molar-refractivity contribution in [2.24, 2.45) is 0 Å². The van der Waals surface area contributed by atoms with Gasteiger partial charge in [-0.2, -0.15) is 0 Å². The van der Waals surface area contributed by atoms with E-state index in [-0.39, 0.29) is 5.91 Å². The van der Waals surface area contributed by atoms with Crippen LogP contribution in [0.1, 0.15) is 11.1 Å². The minimum atomic E-state index is -0.0483. The largest absolute Gasteiger partial charge is 0.343 e. The lowest BCUT2D eigenvalue weighted by Gasteiger charge is -2.21. The van der Waals surface area contributed by atoms with Crippen molar-refractivity contribution in [1.29, 1.82) is 0 Å². The maximum absolute atomic E-state index is 13.0. The molecular weight excluding hydrogens is 500 g/mol. The van der Waals surface area contributed by atoms with Crippen LogP contribution < -0.4 is 10.2 Å². The second kappa shape index (κ2) is 10.2. The van der Waals surface area contributed by atoms with Crippen molar-refractivity contribution < 1.29 is 4.79 Å². The van der Waals surface area contributed by atoms with E-state index in [1.54, 1.807) is 6.20 Å².